The lowest BCUT2D eigenvalue weighted by atomic mass is 9.87. The van der Waals surface area contributed by atoms with Crippen LogP contribution in [-0.2, 0) is 14.3 Å². The minimum atomic E-state index is -1.16. The van der Waals surface area contributed by atoms with Crippen molar-refractivity contribution in [1.29, 1.82) is 0 Å². The maximum absolute atomic E-state index is 13.5. The molecule has 3 atom stereocenters. The monoisotopic (exact) mass is 672 g/mol. The molecule has 0 aliphatic heterocycles. The Bertz CT molecular complexity index is 1030. The molecule has 222 valence electrons. The van der Waals surface area contributed by atoms with Gasteiger partial charge in [-0.25, -0.2) is 0 Å². The highest BCUT2D eigenvalue weighted by Crippen LogP contribution is 2.37. The number of ether oxygens (including phenoxy) is 3. The van der Waals surface area contributed by atoms with Crippen molar-refractivity contribution >= 4 is 40.7 Å². The molecule has 1 aliphatic carbocycles. The number of allylic oxidation sites excluding steroid dienone is 1. The number of unbranched alkanes of at least 4 members (excludes halogenated alkanes) is 2. The van der Waals surface area contributed by atoms with E-state index in [1.165, 1.54) is 13.2 Å². The van der Waals surface area contributed by atoms with Crippen LogP contribution in [0.3, 0.4) is 0 Å². The Kier molecular flexibility index (Phi) is 15.2. The molecule has 40 heavy (non-hydrogen) atoms. The summed E-state index contributed by atoms with van der Waals surface area (Å²) < 4.78 is 17.7. The van der Waals surface area contributed by atoms with Crippen LogP contribution in [0.2, 0.25) is 0 Å². The van der Waals surface area contributed by atoms with Gasteiger partial charge < -0.3 is 34.6 Å². The van der Waals surface area contributed by atoms with Gasteiger partial charge in [-0.3, -0.25) is 14.4 Å². The highest BCUT2D eigenvalue weighted by molar-refractivity contribution is 14.1. The fraction of sp³-hybridized carbons (Fsp3) is 0.552. The van der Waals surface area contributed by atoms with Crippen LogP contribution in [0.5, 0.6) is 11.5 Å². The number of halogens is 1. The number of carbonyl (C=O) groups excluding carboxylic acids is 3. The Morgan fingerprint density at radius 1 is 1.27 bits per heavy atom. The second-order valence-electron chi connectivity index (χ2n) is 9.34. The van der Waals surface area contributed by atoms with E-state index in [2.05, 4.69) is 11.9 Å². The lowest BCUT2D eigenvalue weighted by Crippen LogP contribution is -2.55. The standard InChI is InChI=1S/C29H41IN2O8/c1-4-6-7-8-10-26(35)32(12-9-14-39-5-2)23-17-21(29(37)31-11-13-33)18-24(27(23)36)40-28-22(30)15-20(19-34)16-25(28)38-3/h4,15-16,18-19,23-24,27,33,36H,1,5-14,17H2,2-3H3,(H,31,37). The zero-order chi connectivity index (χ0) is 29.5. The van der Waals surface area contributed by atoms with Crippen molar-refractivity contribution in [1.82, 2.24) is 10.2 Å². The number of hydrogen-bond donors (Lipinski definition) is 3. The fourth-order valence-corrected chi connectivity index (χ4v) is 5.26. The fourth-order valence-electron chi connectivity index (χ4n) is 4.50. The highest BCUT2D eigenvalue weighted by Gasteiger charge is 2.40. The Hall–Kier alpha value is -2.48. The number of amides is 2. The van der Waals surface area contributed by atoms with Crippen LogP contribution < -0.4 is 14.8 Å². The van der Waals surface area contributed by atoms with Gasteiger partial charge in [-0.1, -0.05) is 6.08 Å². The third-order valence-corrected chi connectivity index (χ3v) is 7.32. The average Bonchev–Trinajstić information content (AvgIpc) is 2.95. The summed E-state index contributed by atoms with van der Waals surface area (Å²) in [5.74, 6) is 0.0753. The molecule has 0 spiro atoms. The van der Waals surface area contributed by atoms with Crippen molar-refractivity contribution in [2.75, 3.05) is 40.0 Å². The maximum Gasteiger partial charge on any atom is 0.247 e. The van der Waals surface area contributed by atoms with Gasteiger partial charge in [-0.15, -0.1) is 6.58 Å². The third kappa shape index (κ3) is 9.86. The van der Waals surface area contributed by atoms with Gasteiger partial charge >= 0.3 is 0 Å². The molecule has 2 amide bonds. The first-order valence-electron chi connectivity index (χ1n) is 13.6. The molecule has 0 radical (unpaired) electrons. The second kappa shape index (κ2) is 18.1. The molecule has 0 aromatic heterocycles. The number of hydrogen-bond acceptors (Lipinski definition) is 8. The number of aliphatic hydroxyl groups excluding tert-OH is 2. The molecule has 0 saturated carbocycles. The average molecular weight is 673 g/mol. The number of rotatable bonds is 18. The Balaban J connectivity index is 2.44. The van der Waals surface area contributed by atoms with Gasteiger partial charge in [-0.2, -0.15) is 0 Å². The van der Waals surface area contributed by atoms with Gasteiger partial charge in [0, 0.05) is 50.3 Å². The molecule has 0 fully saturated rings. The molecule has 2 rings (SSSR count). The van der Waals surface area contributed by atoms with Crippen LogP contribution in [0.4, 0.5) is 0 Å². The number of aldehydes is 1. The van der Waals surface area contributed by atoms with E-state index >= 15 is 0 Å². The van der Waals surface area contributed by atoms with Crippen molar-refractivity contribution in [2.45, 2.75) is 63.7 Å². The van der Waals surface area contributed by atoms with Crippen LogP contribution in [-0.4, -0.2) is 91.5 Å². The summed E-state index contributed by atoms with van der Waals surface area (Å²) in [6.45, 7) is 6.82. The highest BCUT2D eigenvalue weighted by atomic mass is 127. The molecular formula is C29H41IN2O8. The van der Waals surface area contributed by atoms with E-state index in [0.717, 1.165) is 12.8 Å². The van der Waals surface area contributed by atoms with Crippen molar-refractivity contribution in [3.8, 4) is 11.5 Å². The van der Waals surface area contributed by atoms with E-state index < -0.39 is 24.2 Å². The SMILES string of the molecule is C=CCCCCC(=O)N(CCCOCC)C1CC(C(=O)NCCO)=CC(Oc2c(I)cc(C=O)cc2OC)C1O. The van der Waals surface area contributed by atoms with Gasteiger partial charge in [0.1, 0.15) is 18.5 Å². The van der Waals surface area contributed by atoms with Gasteiger partial charge in [0.15, 0.2) is 11.5 Å². The molecular weight excluding hydrogens is 631 g/mol. The summed E-state index contributed by atoms with van der Waals surface area (Å²) in [4.78, 5) is 39.4. The number of nitrogens with zero attached hydrogens (tertiary/aromatic N) is 1. The molecule has 0 saturated heterocycles. The van der Waals surface area contributed by atoms with Crippen molar-refractivity contribution in [3.05, 3.63) is 45.6 Å². The quantitative estimate of drug-likeness (QED) is 0.0939. The first-order chi connectivity index (χ1) is 19.3. The predicted octanol–water partition coefficient (Wildman–Crippen LogP) is 3.03. The summed E-state index contributed by atoms with van der Waals surface area (Å²) in [7, 11) is 1.45. The molecule has 1 aliphatic rings. The van der Waals surface area contributed by atoms with Crippen LogP contribution in [0.1, 0.15) is 55.8 Å². The molecule has 0 bridgehead atoms. The zero-order valence-corrected chi connectivity index (χ0v) is 25.4. The summed E-state index contributed by atoms with van der Waals surface area (Å²) >= 11 is 2.02. The number of nitrogens with one attached hydrogen (secondary N) is 1. The molecule has 0 heterocycles. The van der Waals surface area contributed by atoms with Gasteiger partial charge in [-0.05, 0) is 73.4 Å². The minimum Gasteiger partial charge on any atom is -0.493 e. The van der Waals surface area contributed by atoms with Crippen molar-refractivity contribution in [3.63, 3.8) is 0 Å². The maximum atomic E-state index is 13.5. The topological polar surface area (TPSA) is 135 Å². The molecule has 11 heteroatoms. The first kappa shape index (κ1) is 33.7. The smallest absolute Gasteiger partial charge is 0.247 e. The van der Waals surface area contributed by atoms with Crippen LogP contribution in [0.25, 0.3) is 0 Å². The van der Waals surface area contributed by atoms with E-state index in [1.807, 2.05) is 35.6 Å². The van der Waals surface area contributed by atoms with Gasteiger partial charge in [0.2, 0.25) is 11.8 Å². The normalized spacial score (nSPS) is 18.4. The van der Waals surface area contributed by atoms with E-state index in [0.29, 0.717) is 71.5 Å². The van der Waals surface area contributed by atoms with Crippen molar-refractivity contribution in [2.24, 2.45) is 0 Å². The van der Waals surface area contributed by atoms with Crippen LogP contribution in [0, 0.1) is 3.57 Å². The summed E-state index contributed by atoms with van der Waals surface area (Å²) in [6, 6.07) is 2.42. The van der Waals surface area contributed by atoms with Gasteiger partial charge in [0.25, 0.3) is 0 Å². The Morgan fingerprint density at radius 3 is 2.70 bits per heavy atom. The number of aliphatic hydroxyl groups is 2. The van der Waals surface area contributed by atoms with Crippen LogP contribution in [0.15, 0.2) is 36.4 Å². The Labute approximate surface area is 249 Å². The Morgan fingerprint density at radius 2 is 2.05 bits per heavy atom. The summed E-state index contributed by atoms with van der Waals surface area (Å²) in [5, 5.41) is 23.4. The molecule has 3 unspecified atom stereocenters. The number of carbonyl (C=O) groups is 3. The summed E-state index contributed by atoms with van der Waals surface area (Å²) in [5.41, 5.74) is 0.735. The lowest BCUT2D eigenvalue weighted by Gasteiger charge is -2.41. The first-order valence-corrected chi connectivity index (χ1v) is 14.6. The van der Waals surface area contributed by atoms with Crippen molar-refractivity contribution < 1.29 is 38.8 Å². The third-order valence-electron chi connectivity index (χ3n) is 6.52. The van der Waals surface area contributed by atoms with Crippen LogP contribution >= 0.6 is 22.6 Å². The second-order valence-corrected chi connectivity index (χ2v) is 10.5. The summed E-state index contributed by atoms with van der Waals surface area (Å²) in [6.07, 6.45) is 5.18. The minimum absolute atomic E-state index is 0.0636. The predicted molar refractivity (Wildman–Crippen MR) is 160 cm³/mol. The van der Waals surface area contributed by atoms with Gasteiger partial charge in [0.05, 0.1) is 23.3 Å². The van der Waals surface area contributed by atoms with E-state index in [1.54, 1.807) is 17.0 Å². The molecule has 1 aromatic carbocycles. The number of methoxy groups -OCH3 is 1. The zero-order valence-electron chi connectivity index (χ0n) is 23.3. The largest absolute Gasteiger partial charge is 0.493 e. The molecule has 3 N–H and O–H groups in total. The lowest BCUT2D eigenvalue weighted by molar-refractivity contribution is -0.139. The number of benzene rings is 1. The van der Waals surface area contributed by atoms with E-state index in [9.17, 15) is 24.6 Å². The van der Waals surface area contributed by atoms with E-state index in [-0.39, 0.29) is 25.5 Å². The van der Waals surface area contributed by atoms with E-state index in [4.69, 9.17) is 14.2 Å². The molecule has 1 aromatic rings. The molecule has 10 nitrogen and oxygen atoms in total.